The molecule has 0 amide bonds. The third kappa shape index (κ3) is 2.46. The van der Waals surface area contributed by atoms with Crippen molar-refractivity contribution >= 4 is 27.7 Å². The number of hydrogen-bond donors (Lipinski definition) is 0. The second kappa shape index (κ2) is 5.27. The van der Waals surface area contributed by atoms with Gasteiger partial charge in [0.15, 0.2) is 0 Å². The Morgan fingerprint density at radius 3 is 2.83 bits per heavy atom. The molecule has 2 fully saturated rings. The molecule has 0 saturated heterocycles. The Kier molecular flexibility index (Phi) is 3.68. The summed E-state index contributed by atoms with van der Waals surface area (Å²) in [6.45, 7) is 0. The van der Waals surface area contributed by atoms with Crippen molar-refractivity contribution in [2.24, 2.45) is 17.8 Å². The number of hydrogen-bond acceptors (Lipinski definition) is 2. The van der Waals surface area contributed by atoms with Crippen LogP contribution in [0, 0.1) is 29.1 Å². The van der Waals surface area contributed by atoms with Crippen LogP contribution < -0.4 is 0 Å². The highest BCUT2D eigenvalue weighted by Crippen LogP contribution is 2.52. The van der Waals surface area contributed by atoms with Crippen LogP contribution in [-0.4, -0.2) is 5.25 Å². The van der Waals surface area contributed by atoms with E-state index in [9.17, 15) is 5.26 Å². The summed E-state index contributed by atoms with van der Waals surface area (Å²) in [6.07, 6.45) is 5.42. The molecule has 0 radical (unpaired) electrons. The topological polar surface area (TPSA) is 23.8 Å². The van der Waals surface area contributed by atoms with Gasteiger partial charge in [0.05, 0.1) is 11.3 Å². The van der Waals surface area contributed by atoms with E-state index in [1.54, 1.807) is 11.8 Å². The van der Waals surface area contributed by atoms with E-state index in [1.807, 2.05) is 12.1 Å². The second-order valence-corrected chi connectivity index (χ2v) is 7.59. The van der Waals surface area contributed by atoms with Crippen LogP contribution in [0.1, 0.15) is 25.7 Å². The number of fused-ring (bicyclic) bond motifs is 2. The van der Waals surface area contributed by atoms with Gasteiger partial charge in [-0.25, -0.2) is 0 Å². The highest BCUT2D eigenvalue weighted by Gasteiger charge is 2.43. The van der Waals surface area contributed by atoms with Gasteiger partial charge in [0, 0.05) is 9.37 Å². The van der Waals surface area contributed by atoms with Gasteiger partial charge in [0.25, 0.3) is 0 Å². The Morgan fingerprint density at radius 1 is 1.33 bits per heavy atom. The van der Waals surface area contributed by atoms with Crippen LogP contribution in [0.25, 0.3) is 0 Å². The van der Waals surface area contributed by atoms with Gasteiger partial charge < -0.3 is 0 Å². The van der Waals surface area contributed by atoms with Crippen molar-refractivity contribution in [1.82, 2.24) is 0 Å². The zero-order chi connectivity index (χ0) is 12.5. The van der Waals surface area contributed by atoms with Crippen molar-refractivity contribution < 1.29 is 0 Å². The first-order chi connectivity index (χ1) is 8.76. The predicted octanol–water partition coefficient (Wildman–Crippen LogP) is 4.87. The molecule has 0 N–H and O–H groups in total. The smallest absolute Gasteiger partial charge is 0.0994 e. The molecule has 0 aromatic heterocycles. The molecule has 4 unspecified atom stereocenters. The van der Waals surface area contributed by atoms with Crippen LogP contribution in [0.15, 0.2) is 33.6 Å². The molecule has 3 heteroatoms. The largest absolute Gasteiger partial charge is 0.197 e. The van der Waals surface area contributed by atoms with Gasteiger partial charge in [0.1, 0.15) is 0 Å². The summed E-state index contributed by atoms with van der Waals surface area (Å²) in [6, 6.07) is 10.8. The number of thioether (sulfide) groups is 1. The Morgan fingerprint density at radius 2 is 2.22 bits per heavy atom. The average Bonchev–Trinajstić information content (AvgIpc) is 2.98. The standard InChI is InChI=1S/C15H16BrNS/c16-12-2-1-3-13(8-12)18-15(9-17)14-7-10-4-5-11(14)6-10/h1-3,8,10-11,14-15H,4-7H2. The molecule has 0 heterocycles. The zero-order valence-electron chi connectivity index (χ0n) is 10.2. The fraction of sp³-hybridized carbons (Fsp3) is 0.533. The monoisotopic (exact) mass is 321 g/mol. The van der Waals surface area contributed by atoms with E-state index in [4.69, 9.17) is 0 Å². The molecule has 1 nitrogen and oxygen atoms in total. The SMILES string of the molecule is N#CC(Sc1cccc(Br)c1)C1CC2CCC1C2. The minimum Gasteiger partial charge on any atom is -0.197 e. The van der Waals surface area contributed by atoms with Crippen molar-refractivity contribution in [3.63, 3.8) is 0 Å². The Balaban J connectivity index is 1.72. The molecule has 2 aliphatic carbocycles. The fourth-order valence-corrected chi connectivity index (χ4v) is 5.32. The van der Waals surface area contributed by atoms with Gasteiger partial charge in [0.2, 0.25) is 0 Å². The number of benzene rings is 1. The van der Waals surface area contributed by atoms with Crippen LogP contribution in [0.5, 0.6) is 0 Å². The second-order valence-electron chi connectivity index (χ2n) is 5.46. The van der Waals surface area contributed by atoms with Crippen molar-refractivity contribution in [2.75, 3.05) is 0 Å². The highest BCUT2D eigenvalue weighted by molar-refractivity contribution is 9.10. The normalized spacial score (nSPS) is 31.2. The maximum Gasteiger partial charge on any atom is 0.0994 e. The molecule has 4 atom stereocenters. The number of rotatable bonds is 3. The fourth-order valence-electron chi connectivity index (χ4n) is 3.56. The first kappa shape index (κ1) is 12.6. The quantitative estimate of drug-likeness (QED) is 0.741. The average molecular weight is 322 g/mol. The van der Waals surface area contributed by atoms with E-state index in [2.05, 4.69) is 34.1 Å². The molecule has 18 heavy (non-hydrogen) atoms. The van der Waals surface area contributed by atoms with E-state index in [0.29, 0.717) is 5.92 Å². The molecule has 0 aliphatic heterocycles. The van der Waals surface area contributed by atoms with Crippen LogP contribution in [0.4, 0.5) is 0 Å². The van der Waals surface area contributed by atoms with Crippen LogP contribution in [0.3, 0.4) is 0 Å². The minimum absolute atomic E-state index is 0.134. The van der Waals surface area contributed by atoms with Crippen molar-refractivity contribution in [2.45, 2.75) is 35.8 Å². The molecule has 1 aromatic carbocycles. The molecule has 2 bridgehead atoms. The van der Waals surface area contributed by atoms with E-state index in [1.165, 1.54) is 30.6 Å². The van der Waals surface area contributed by atoms with Gasteiger partial charge in [-0.05, 0) is 55.2 Å². The Hall–Kier alpha value is -0.460. The van der Waals surface area contributed by atoms with E-state index < -0.39 is 0 Å². The lowest BCUT2D eigenvalue weighted by Gasteiger charge is -2.25. The molecule has 3 rings (SSSR count). The summed E-state index contributed by atoms with van der Waals surface area (Å²) < 4.78 is 1.09. The highest BCUT2D eigenvalue weighted by atomic mass is 79.9. The molecule has 2 saturated carbocycles. The Labute approximate surface area is 121 Å². The van der Waals surface area contributed by atoms with E-state index in [-0.39, 0.29) is 5.25 Å². The van der Waals surface area contributed by atoms with E-state index in [0.717, 1.165) is 16.3 Å². The summed E-state index contributed by atoms with van der Waals surface area (Å²) in [4.78, 5) is 1.21. The third-order valence-electron chi connectivity index (χ3n) is 4.37. The summed E-state index contributed by atoms with van der Waals surface area (Å²) >= 11 is 5.24. The predicted molar refractivity (Wildman–Crippen MR) is 78.3 cm³/mol. The summed E-state index contributed by atoms with van der Waals surface area (Å²) in [5.41, 5.74) is 0. The van der Waals surface area contributed by atoms with Crippen molar-refractivity contribution in [3.8, 4) is 6.07 Å². The lowest BCUT2D eigenvalue weighted by molar-refractivity contribution is 0.345. The Bertz CT molecular complexity index is 482. The van der Waals surface area contributed by atoms with Crippen LogP contribution in [-0.2, 0) is 0 Å². The zero-order valence-corrected chi connectivity index (χ0v) is 12.6. The van der Waals surface area contributed by atoms with E-state index >= 15 is 0 Å². The first-order valence-electron chi connectivity index (χ1n) is 6.58. The maximum absolute atomic E-state index is 9.46. The van der Waals surface area contributed by atoms with Crippen LogP contribution in [0.2, 0.25) is 0 Å². The molecular weight excluding hydrogens is 306 g/mol. The molecule has 0 spiro atoms. The van der Waals surface area contributed by atoms with Gasteiger partial charge in [-0.3, -0.25) is 0 Å². The van der Waals surface area contributed by atoms with Gasteiger partial charge in [-0.1, -0.05) is 28.4 Å². The first-order valence-corrected chi connectivity index (χ1v) is 8.25. The van der Waals surface area contributed by atoms with Gasteiger partial charge in [-0.2, -0.15) is 5.26 Å². The molecule has 1 aromatic rings. The number of nitriles is 1. The van der Waals surface area contributed by atoms with Crippen molar-refractivity contribution in [3.05, 3.63) is 28.7 Å². The maximum atomic E-state index is 9.46. The van der Waals surface area contributed by atoms with Gasteiger partial charge >= 0.3 is 0 Å². The van der Waals surface area contributed by atoms with Crippen molar-refractivity contribution in [1.29, 1.82) is 5.26 Å². The minimum atomic E-state index is 0.134. The van der Waals surface area contributed by atoms with Gasteiger partial charge in [-0.15, -0.1) is 11.8 Å². The third-order valence-corrected chi connectivity index (χ3v) is 6.10. The summed E-state index contributed by atoms with van der Waals surface area (Å²) in [5.74, 6) is 2.36. The molecular formula is C15H16BrNS. The number of nitrogens with zero attached hydrogens (tertiary/aromatic N) is 1. The molecule has 94 valence electrons. The molecule has 2 aliphatic rings. The lowest BCUT2D eigenvalue weighted by atomic mass is 9.86. The van der Waals surface area contributed by atoms with Crippen LogP contribution >= 0.6 is 27.7 Å². The number of halogens is 1. The lowest BCUT2D eigenvalue weighted by Crippen LogP contribution is -2.21. The summed E-state index contributed by atoms with van der Waals surface area (Å²) in [5, 5.41) is 9.60. The summed E-state index contributed by atoms with van der Waals surface area (Å²) in [7, 11) is 0.